The molecule has 0 unspecified atom stereocenters. The van der Waals surface area contributed by atoms with Crippen LogP contribution in [0.25, 0.3) is 71.8 Å². The lowest BCUT2D eigenvalue weighted by Gasteiger charge is -2.34. The van der Waals surface area contributed by atoms with Crippen molar-refractivity contribution in [2.24, 2.45) is 0 Å². The molecule has 0 atom stereocenters. The van der Waals surface area contributed by atoms with Crippen molar-refractivity contribution < 1.29 is 4.39 Å². The maximum Gasteiger partial charge on any atom is 0.235 e. The Labute approximate surface area is 314 Å². The van der Waals surface area contributed by atoms with E-state index >= 15 is 4.39 Å². The third kappa shape index (κ3) is 4.77. The summed E-state index contributed by atoms with van der Waals surface area (Å²) in [4.78, 5) is 14.4. The van der Waals surface area contributed by atoms with E-state index in [1.165, 1.54) is 0 Å². The summed E-state index contributed by atoms with van der Waals surface area (Å²) in [6, 6.07) is 60.1. The molecule has 0 aliphatic carbocycles. The van der Waals surface area contributed by atoms with Crippen molar-refractivity contribution in [3.63, 3.8) is 0 Å². The van der Waals surface area contributed by atoms with Gasteiger partial charge in [-0.2, -0.15) is 0 Å². The number of para-hydroxylation sites is 3. The van der Waals surface area contributed by atoms with Gasteiger partial charge in [0.2, 0.25) is 5.95 Å². The second kappa shape index (κ2) is 12.2. The second-order valence-corrected chi connectivity index (χ2v) is 14.6. The van der Waals surface area contributed by atoms with Gasteiger partial charge in [-0.25, -0.2) is 14.4 Å². The third-order valence-corrected chi connectivity index (χ3v) is 11.5. The van der Waals surface area contributed by atoms with Crippen LogP contribution < -0.4 is 4.90 Å². The monoisotopic (exact) mass is 712 g/mol. The van der Waals surface area contributed by atoms with Crippen molar-refractivity contribution in [1.82, 2.24) is 14.5 Å². The fourth-order valence-electron chi connectivity index (χ4n) is 8.00. The average Bonchev–Trinajstić information content (AvgIpc) is 3.56. The van der Waals surface area contributed by atoms with Gasteiger partial charge < -0.3 is 4.90 Å². The largest absolute Gasteiger partial charge is 0.305 e. The summed E-state index contributed by atoms with van der Waals surface area (Å²) in [5.41, 5.74) is 9.62. The van der Waals surface area contributed by atoms with E-state index in [4.69, 9.17) is 9.97 Å². The van der Waals surface area contributed by atoms with Gasteiger partial charge in [-0.3, -0.25) is 4.57 Å². The molecule has 11 rings (SSSR count). The number of nitrogens with zero attached hydrogens (tertiary/aromatic N) is 4. The number of benzene rings is 8. The highest BCUT2D eigenvalue weighted by Crippen LogP contribution is 2.54. The Balaban J connectivity index is 1.08. The van der Waals surface area contributed by atoms with Gasteiger partial charge in [-0.1, -0.05) is 133 Å². The molecule has 0 fully saturated rings. The summed E-state index contributed by atoms with van der Waals surface area (Å²) in [5, 5.41) is 5.46. The van der Waals surface area contributed by atoms with Gasteiger partial charge in [0.05, 0.1) is 39.3 Å². The first-order valence-corrected chi connectivity index (χ1v) is 18.8. The van der Waals surface area contributed by atoms with Crippen LogP contribution in [0.15, 0.2) is 186 Å². The Morgan fingerprint density at radius 3 is 2.07 bits per heavy atom. The number of hydrogen-bond donors (Lipinski definition) is 0. The van der Waals surface area contributed by atoms with Crippen molar-refractivity contribution in [3.8, 4) is 28.3 Å². The van der Waals surface area contributed by atoms with E-state index in [1.54, 1.807) is 23.9 Å². The average molecular weight is 713 g/mol. The number of halogens is 1. The van der Waals surface area contributed by atoms with Crippen LogP contribution in [0.3, 0.4) is 0 Å². The molecule has 0 N–H and O–H groups in total. The van der Waals surface area contributed by atoms with Crippen molar-refractivity contribution in [1.29, 1.82) is 0 Å². The molecule has 254 valence electrons. The van der Waals surface area contributed by atoms with Crippen LogP contribution in [0.4, 0.5) is 21.5 Å². The molecule has 3 heterocycles. The minimum absolute atomic E-state index is 0.240. The minimum Gasteiger partial charge on any atom is -0.305 e. The zero-order valence-electron chi connectivity index (χ0n) is 28.8. The van der Waals surface area contributed by atoms with Crippen molar-refractivity contribution in [3.05, 3.63) is 182 Å². The van der Waals surface area contributed by atoms with Crippen LogP contribution in [-0.2, 0) is 0 Å². The van der Waals surface area contributed by atoms with E-state index in [0.717, 1.165) is 87.0 Å². The highest BCUT2D eigenvalue weighted by molar-refractivity contribution is 7.99. The molecule has 0 radical (unpaired) electrons. The first kappa shape index (κ1) is 30.8. The van der Waals surface area contributed by atoms with Gasteiger partial charge in [-0.05, 0) is 71.1 Å². The highest BCUT2D eigenvalue weighted by Gasteiger charge is 2.29. The number of fused-ring (bicyclic) bond motifs is 7. The molecule has 54 heavy (non-hydrogen) atoms. The lowest BCUT2D eigenvalue weighted by Crippen LogP contribution is -2.16. The summed E-state index contributed by atoms with van der Waals surface area (Å²) >= 11 is 1.61. The third-order valence-electron chi connectivity index (χ3n) is 10.4. The van der Waals surface area contributed by atoms with Crippen LogP contribution in [0.5, 0.6) is 0 Å². The Hall–Kier alpha value is -6.76. The molecule has 1 aliphatic heterocycles. The SMILES string of the molecule is Fc1cccc2c1N(c1cccc3ccccc13)c1ccc(-c3ccc4c(c3)c3ccccc3n4-c3nc(-c4ccccc4)c4ccccc4n3)cc1S2. The van der Waals surface area contributed by atoms with Gasteiger partial charge in [0.25, 0.3) is 0 Å². The highest BCUT2D eigenvalue weighted by atomic mass is 32.2. The van der Waals surface area contributed by atoms with Gasteiger partial charge in [0, 0.05) is 36.9 Å². The first-order chi connectivity index (χ1) is 26.7. The molecule has 0 spiro atoms. The lowest BCUT2D eigenvalue weighted by atomic mass is 10.0. The van der Waals surface area contributed by atoms with Crippen LogP contribution >= 0.6 is 11.8 Å². The van der Waals surface area contributed by atoms with E-state index in [2.05, 4.69) is 119 Å². The quantitative estimate of drug-likeness (QED) is 0.182. The summed E-state index contributed by atoms with van der Waals surface area (Å²) < 4.78 is 17.9. The smallest absolute Gasteiger partial charge is 0.235 e. The molecule has 4 nitrogen and oxygen atoms in total. The zero-order valence-corrected chi connectivity index (χ0v) is 29.6. The predicted octanol–water partition coefficient (Wildman–Crippen LogP) is 13.3. The molecule has 6 heteroatoms. The van der Waals surface area contributed by atoms with Crippen molar-refractivity contribution in [2.75, 3.05) is 4.90 Å². The molecule has 0 amide bonds. The summed E-state index contributed by atoms with van der Waals surface area (Å²) in [5.74, 6) is 0.395. The molecule has 2 aromatic heterocycles. The Bertz CT molecular complexity index is 3110. The van der Waals surface area contributed by atoms with Crippen LogP contribution in [0.2, 0.25) is 0 Å². The van der Waals surface area contributed by atoms with E-state index < -0.39 is 0 Å². The maximum atomic E-state index is 15.8. The fourth-order valence-corrected chi connectivity index (χ4v) is 9.11. The van der Waals surface area contributed by atoms with Crippen LogP contribution in [0, 0.1) is 5.82 Å². The minimum atomic E-state index is -0.240. The Morgan fingerprint density at radius 2 is 1.17 bits per heavy atom. The lowest BCUT2D eigenvalue weighted by molar-refractivity contribution is 0.625. The molecule has 10 aromatic rings. The molecular weight excluding hydrogens is 684 g/mol. The topological polar surface area (TPSA) is 34.0 Å². The standard InChI is InChI=1S/C48H29FN4S/c49-38-19-11-23-44-47(38)52(40-22-10-15-30-12-4-5-16-34(30)40)43-27-25-33(29-45(43)54-44)32-24-26-42-37(28-32)35-17-7-9-21-41(35)53(42)48-50-39-20-8-6-18-36(39)46(51-48)31-13-2-1-3-14-31/h1-29H. The predicted molar refractivity (Wildman–Crippen MR) is 221 cm³/mol. The maximum absolute atomic E-state index is 15.8. The van der Waals surface area contributed by atoms with Crippen molar-refractivity contribution in [2.45, 2.75) is 9.79 Å². The van der Waals surface area contributed by atoms with E-state index in [1.807, 2.05) is 54.6 Å². The van der Waals surface area contributed by atoms with E-state index in [9.17, 15) is 0 Å². The first-order valence-electron chi connectivity index (χ1n) is 17.9. The summed E-state index contributed by atoms with van der Waals surface area (Å²) in [6.07, 6.45) is 0. The van der Waals surface area contributed by atoms with Gasteiger partial charge in [-0.15, -0.1) is 0 Å². The van der Waals surface area contributed by atoms with E-state index in [0.29, 0.717) is 11.6 Å². The summed E-state index contributed by atoms with van der Waals surface area (Å²) in [6.45, 7) is 0. The number of anilines is 3. The van der Waals surface area contributed by atoms with Crippen LogP contribution in [0.1, 0.15) is 0 Å². The van der Waals surface area contributed by atoms with Gasteiger partial charge >= 0.3 is 0 Å². The van der Waals surface area contributed by atoms with Gasteiger partial charge in [0.15, 0.2) is 0 Å². The Kier molecular flexibility index (Phi) is 6.94. The molecule has 8 aromatic carbocycles. The summed E-state index contributed by atoms with van der Waals surface area (Å²) in [7, 11) is 0. The zero-order chi connectivity index (χ0) is 35.8. The normalized spacial score (nSPS) is 12.4. The fraction of sp³-hybridized carbons (Fsp3) is 0. The molecular formula is C48H29FN4S. The number of hydrogen-bond acceptors (Lipinski definition) is 4. The second-order valence-electron chi connectivity index (χ2n) is 13.5. The van der Waals surface area contributed by atoms with E-state index in [-0.39, 0.29) is 5.82 Å². The molecule has 0 bridgehead atoms. The van der Waals surface area contributed by atoms with Crippen LogP contribution in [-0.4, -0.2) is 14.5 Å². The number of rotatable bonds is 4. The van der Waals surface area contributed by atoms with Gasteiger partial charge in [0.1, 0.15) is 5.82 Å². The Morgan fingerprint density at radius 1 is 0.463 bits per heavy atom. The van der Waals surface area contributed by atoms with Crippen molar-refractivity contribution >= 4 is 72.3 Å². The molecule has 0 saturated carbocycles. The molecule has 1 aliphatic rings. The molecule has 0 saturated heterocycles. The number of aromatic nitrogens is 3.